The minimum absolute atomic E-state index is 0.0106. The van der Waals surface area contributed by atoms with Gasteiger partial charge in [0.2, 0.25) is 11.8 Å². The Morgan fingerprint density at radius 1 is 1.00 bits per heavy atom. The van der Waals surface area contributed by atoms with Crippen molar-refractivity contribution in [3.8, 4) is 28.7 Å². The first-order valence-corrected chi connectivity index (χ1v) is 8.22. The number of hydrogen-bond donors (Lipinski definition) is 1. The molecule has 0 saturated heterocycles. The maximum Gasteiger partial charge on any atom is 0.322 e. The Kier molecular flexibility index (Phi) is 5.88. The number of carbonyl (C=O) groups excluding carboxylic acids is 1. The molecule has 8 heteroatoms. The predicted octanol–water partition coefficient (Wildman–Crippen LogP) is 3.16. The summed E-state index contributed by atoms with van der Waals surface area (Å²) in [6.07, 6.45) is 0.152. The molecule has 0 unspecified atom stereocenters. The van der Waals surface area contributed by atoms with E-state index in [0.717, 1.165) is 0 Å². The van der Waals surface area contributed by atoms with Crippen LogP contribution in [0.4, 0.5) is 6.01 Å². The van der Waals surface area contributed by atoms with Crippen LogP contribution in [0, 0.1) is 0 Å². The zero-order chi connectivity index (χ0) is 19.1. The third-order valence-corrected chi connectivity index (χ3v) is 3.61. The van der Waals surface area contributed by atoms with Gasteiger partial charge in [0, 0.05) is 11.6 Å². The number of ether oxygens (including phenoxy) is 3. The van der Waals surface area contributed by atoms with Crippen LogP contribution in [0.25, 0.3) is 11.5 Å². The van der Waals surface area contributed by atoms with E-state index in [0.29, 0.717) is 22.8 Å². The fourth-order valence-electron chi connectivity index (χ4n) is 2.28. The van der Waals surface area contributed by atoms with Crippen LogP contribution in [0.15, 0.2) is 52.9 Å². The first-order valence-electron chi connectivity index (χ1n) is 8.22. The number of rotatable bonds is 8. The van der Waals surface area contributed by atoms with Gasteiger partial charge in [0.25, 0.3) is 0 Å². The van der Waals surface area contributed by atoms with Gasteiger partial charge in [-0.2, -0.15) is 0 Å². The number of anilines is 1. The van der Waals surface area contributed by atoms with Crippen molar-refractivity contribution in [1.82, 2.24) is 10.2 Å². The minimum atomic E-state index is -0.288. The van der Waals surface area contributed by atoms with Gasteiger partial charge in [-0.05, 0) is 24.3 Å². The van der Waals surface area contributed by atoms with Gasteiger partial charge in [0.05, 0.1) is 27.2 Å². The second-order valence-electron chi connectivity index (χ2n) is 5.47. The molecule has 0 aliphatic heterocycles. The summed E-state index contributed by atoms with van der Waals surface area (Å²) in [5.41, 5.74) is 0.617. The third kappa shape index (κ3) is 4.97. The number of carbonyl (C=O) groups is 1. The number of nitrogens with zero attached hydrogens (tertiary/aromatic N) is 2. The summed E-state index contributed by atoms with van der Waals surface area (Å²) in [5.74, 6) is 1.84. The highest BCUT2D eigenvalue weighted by atomic mass is 16.5. The SMILES string of the molecule is COc1cc(OC)cc(-c2nnc(NC(=O)CCOc3ccccc3)o2)c1. The van der Waals surface area contributed by atoms with Gasteiger partial charge >= 0.3 is 6.01 Å². The summed E-state index contributed by atoms with van der Waals surface area (Å²) < 4.78 is 21.4. The number of benzene rings is 2. The molecule has 0 fully saturated rings. The van der Waals surface area contributed by atoms with E-state index in [4.69, 9.17) is 18.6 Å². The monoisotopic (exact) mass is 369 g/mol. The van der Waals surface area contributed by atoms with Crippen molar-refractivity contribution >= 4 is 11.9 Å². The molecular weight excluding hydrogens is 350 g/mol. The Morgan fingerprint density at radius 2 is 1.70 bits per heavy atom. The standard InChI is InChI=1S/C19H19N3O5/c1-24-15-10-13(11-16(12-15)25-2)18-21-22-19(27-18)20-17(23)8-9-26-14-6-4-3-5-7-14/h3-7,10-12H,8-9H2,1-2H3,(H,20,22,23). The van der Waals surface area contributed by atoms with Crippen LogP contribution in [-0.4, -0.2) is 36.9 Å². The summed E-state index contributed by atoms with van der Waals surface area (Å²) in [4.78, 5) is 12.0. The van der Waals surface area contributed by atoms with Gasteiger partial charge in [0.1, 0.15) is 17.2 Å². The Labute approximate surface area is 156 Å². The van der Waals surface area contributed by atoms with Crippen molar-refractivity contribution in [2.75, 3.05) is 26.1 Å². The molecule has 0 aliphatic rings. The molecule has 1 heterocycles. The van der Waals surface area contributed by atoms with E-state index in [2.05, 4.69) is 15.5 Å². The van der Waals surface area contributed by atoms with E-state index in [-0.39, 0.29) is 30.8 Å². The number of para-hydroxylation sites is 1. The van der Waals surface area contributed by atoms with Crippen LogP contribution in [-0.2, 0) is 4.79 Å². The van der Waals surface area contributed by atoms with Crippen LogP contribution in [0.1, 0.15) is 6.42 Å². The van der Waals surface area contributed by atoms with E-state index in [1.54, 1.807) is 32.4 Å². The van der Waals surface area contributed by atoms with Gasteiger partial charge in [-0.3, -0.25) is 10.1 Å². The normalized spacial score (nSPS) is 10.3. The van der Waals surface area contributed by atoms with Gasteiger partial charge in [-0.15, -0.1) is 5.10 Å². The number of amides is 1. The summed E-state index contributed by atoms with van der Waals surface area (Å²) in [7, 11) is 3.10. The van der Waals surface area contributed by atoms with Crippen molar-refractivity contribution in [2.24, 2.45) is 0 Å². The lowest BCUT2D eigenvalue weighted by Crippen LogP contribution is -2.15. The van der Waals surface area contributed by atoms with Crippen LogP contribution in [0.5, 0.6) is 17.2 Å². The highest BCUT2D eigenvalue weighted by molar-refractivity contribution is 5.88. The zero-order valence-electron chi connectivity index (χ0n) is 15.0. The van der Waals surface area contributed by atoms with Gasteiger partial charge < -0.3 is 18.6 Å². The second-order valence-corrected chi connectivity index (χ2v) is 5.47. The van der Waals surface area contributed by atoms with Crippen LogP contribution in [0.2, 0.25) is 0 Å². The van der Waals surface area contributed by atoms with Gasteiger partial charge in [-0.25, -0.2) is 0 Å². The summed E-state index contributed by atoms with van der Waals surface area (Å²) in [5, 5.41) is 10.3. The number of hydrogen-bond acceptors (Lipinski definition) is 7. The summed E-state index contributed by atoms with van der Waals surface area (Å²) in [6.45, 7) is 0.240. The number of methoxy groups -OCH3 is 2. The van der Waals surface area contributed by atoms with E-state index >= 15 is 0 Å². The zero-order valence-corrected chi connectivity index (χ0v) is 15.0. The molecule has 27 heavy (non-hydrogen) atoms. The first kappa shape index (κ1) is 18.2. The lowest BCUT2D eigenvalue weighted by Gasteiger charge is -2.06. The van der Waals surface area contributed by atoms with E-state index in [9.17, 15) is 4.79 Å². The molecule has 2 aromatic carbocycles. The van der Waals surface area contributed by atoms with Gasteiger partial charge in [-0.1, -0.05) is 23.3 Å². The lowest BCUT2D eigenvalue weighted by molar-refractivity contribution is -0.116. The maximum atomic E-state index is 12.0. The minimum Gasteiger partial charge on any atom is -0.497 e. The quantitative estimate of drug-likeness (QED) is 0.651. The van der Waals surface area contributed by atoms with Crippen molar-refractivity contribution in [1.29, 1.82) is 0 Å². The summed E-state index contributed by atoms with van der Waals surface area (Å²) in [6, 6.07) is 14.5. The molecule has 0 bridgehead atoms. The van der Waals surface area contributed by atoms with Crippen molar-refractivity contribution in [3.05, 3.63) is 48.5 Å². The average molecular weight is 369 g/mol. The van der Waals surface area contributed by atoms with Crippen molar-refractivity contribution < 1.29 is 23.4 Å². The largest absolute Gasteiger partial charge is 0.497 e. The molecule has 0 saturated carbocycles. The molecule has 0 atom stereocenters. The smallest absolute Gasteiger partial charge is 0.322 e. The third-order valence-electron chi connectivity index (χ3n) is 3.61. The molecule has 0 spiro atoms. The van der Waals surface area contributed by atoms with E-state index < -0.39 is 0 Å². The van der Waals surface area contributed by atoms with Crippen LogP contribution < -0.4 is 19.5 Å². The van der Waals surface area contributed by atoms with E-state index in [1.807, 2.05) is 30.3 Å². The Morgan fingerprint density at radius 3 is 2.37 bits per heavy atom. The molecule has 0 radical (unpaired) electrons. The van der Waals surface area contributed by atoms with E-state index in [1.165, 1.54) is 0 Å². The number of nitrogens with one attached hydrogen (secondary N) is 1. The molecule has 1 amide bonds. The van der Waals surface area contributed by atoms with Crippen LogP contribution >= 0.6 is 0 Å². The molecule has 1 aromatic heterocycles. The lowest BCUT2D eigenvalue weighted by atomic mass is 10.2. The Hall–Kier alpha value is -3.55. The van der Waals surface area contributed by atoms with Crippen LogP contribution in [0.3, 0.4) is 0 Å². The first-order chi connectivity index (χ1) is 13.2. The van der Waals surface area contributed by atoms with Crippen molar-refractivity contribution in [2.45, 2.75) is 6.42 Å². The fourth-order valence-corrected chi connectivity index (χ4v) is 2.28. The second kappa shape index (κ2) is 8.70. The van der Waals surface area contributed by atoms with Crippen molar-refractivity contribution in [3.63, 3.8) is 0 Å². The topological polar surface area (TPSA) is 95.7 Å². The Bertz CT molecular complexity index is 873. The molecule has 1 N–H and O–H groups in total. The molecule has 8 nitrogen and oxygen atoms in total. The molecule has 3 aromatic rings. The fraction of sp³-hybridized carbons (Fsp3) is 0.211. The molecule has 0 aliphatic carbocycles. The molecule has 140 valence electrons. The Balaban J connectivity index is 1.58. The predicted molar refractivity (Wildman–Crippen MR) is 98.0 cm³/mol. The van der Waals surface area contributed by atoms with Gasteiger partial charge in [0.15, 0.2) is 0 Å². The highest BCUT2D eigenvalue weighted by Crippen LogP contribution is 2.29. The average Bonchev–Trinajstić information content (AvgIpc) is 3.16. The molecule has 3 rings (SSSR count). The highest BCUT2D eigenvalue weighted by Gasteiger charge is 2.13. The summed E-state index contributed by atoms with van der Waals surface area (Å²) >= 11 is 0. The number of aromatic nitrogens is 2. The molecular formula is C19H19N3O5. The maximum absolute atomic E-state index is 12.0.